The zero-order valence-electron chi connectivity index (χ0n) is 16.7. The number of urea groups is 1. The summed E-state index contributed by atoms with van der Waals surface area (Å²) in [5.41, 5.74) is 7.45. The molecule has 0 saturated carbocycles. The van der Waals surface area contributed by atoms with Crippen molar-refractivity contribution in [1.82, 2.24) is 30.0 Å². The van der Waals surface area contributed by atoms with Crippen molar-refractivity contribution in [2.45, 2.75) is 39.2 Å². The highest BCUT2D eigenvalue weighted by Gasteiger charge is 2.14. The SMILES string of the molecule is CCCCCNC(=O)N(S)c1ccc2ncc(-c3cnn(CCC(N)=O)c3)nc2n1. The number of thiol groups is 1. The number of hydrogen-bond acceptors (Lipinski definition) is 7. The lowest BCUT2D eigenvalue weighted by molar-refractivity contribution is -0.118. The summed E-state index contributed by atoms with van der Waals surface area (Å²) in [5, 5.41) is 7.02. The first-order valence-corrected chi connectivity index (χ1v) is 10.1. The van der Waals surface area contributed by atoms with Crippen molar-refractivity contribution in [3.8, 4) is 11.3 Å². The van der Waals surface area contributed by atoms with Crippen LogP contribution in [0.1, 0.15) is 32.6 Å². The Morgan fingerprint density at radius 2 is 2.07 bits per heavy atom. The molecule has 3 aromatic heterocycles. The topological polar surface area (TPSA) is 132 Å². The van der Waals surface area contributed by atoms with Crippen LogP contribution >= 0.6 is 12.8 Å². The molecule has 3 N–H and O–H groups in total. The van der Waals surface area contributed by atoms with Gasteiger partial charge in [-0.25, -0.2) is 19.1 Å². The maximum Gasteiger partial charge on any atom is 0.333 e. The Kier molecular flexibility index (Phi) is 7.17. The molecule has 0 aliphatic heterocycles. The summed E-state index contributed by atoms with van der Waals surface area (Å²) in [4.78, 5) is 36.5. The molecule has 0 aliphatic rings. The molecule has 0 saturated heterocycles. The average Bonchev–Trinajstić information content (AvgIpc) is 3.23. The largest absolute Gasteiger partial charge is 0.370 e. The van der Waals surface area contributed by atoms with Crippen molar-refractivity contribution in [2.24, 2.45) is 5.73 Å². The van der Waals surface area contributed by atoms with Crippen LogP contribution in [-0.2, 0) is 11.3 Å². The number of nitrogens with zero attached hydrogens (tertiary/aromatic N) is 6. The molecule has 3 heterocycles. The number of amides is 3. The molecule has 3 aromatic rings. The number of unbranched alkanes of at least 4 members (excludes halogenated alkanes) is 2. The Balaban J connectivity index is 1.76. The van der Waals surface area contributed by atoms with E-state index in [4.69, 9.17) is 5.73 Å². The van der Waals surface area contributed by atoms with E-state index in [1.807, 2.05) is 0 Å². The second-order valence-electron chi connectivity index (χ2n) is 6.73. The molecule has 30 heavy (non-hydrogen) atoms. The van der Waals surface area contributed by atoms with E-state index in [2.05, 4.69) is 45.1 Å². The predicted molar refractivity (Wildman–Crippen MR) is 117 cm³/mol. The van der Waals surface area contributed by atoms with E-state index in [1.54, 1.807) is 35.4 Å². The van der Waals surface area contributed by atoms with Gasteiger partial charge in [-0.15, -0.1) is 0 Å². The van der Waals surface area contributed by atoms with Gasteiger partial charge in [0.05, 0.1) is 18.1 Å². The Morgan fingerprint density at radius 1 is 1.23 bits per heavy atom. The Labute approximate surface area is 179 Å². The highest BCUT2D eigenvalue weighted by Crippen LogP contribution is 2.21. The minimum absolute atomic E-state index is 0.202. The molecule has 11 heteroatoms. The normalized spacial score (nSPS) is 10.9. The number of anilines is 1. The lowest BCUT2D eigenvalue weighted by atomic mass is 10.2. The molecule has 3 rings (SSSR count). The molecule has 10 nitrogen and oxygen atoms in total. The third-order valence-corrected chi connectivity index (χ3v) is 4.76. The summed E-state index contributed by atoms with van der Waals surface area (Å²) < 4.78 is 2.77. The van der Waals surface area contributed by atoms with E-state index in [0.29, 0.717) is 35.8 Å². The van der Waals surface area contributed by atoms with Crippen molar-refractivity contribution < 1.29 is 9.59 Å². The van der Waals surface area contributed by atoms with Gasteiger partial charge in [0.25, 0.3) is 0 Å². The Hall–Kier alpha value is -3.21. The lowest BCUT2D eigenvalue weighted by Gasteiger charge is -2.15. The van der Waals surface area contributed by atoms with Crippen molar-refractivity contribution in [1.29, 1.82) is 0 Å². The summed E-state index contributed by atoms with van der Waals surface area (Å²) in [7, 11) is 0. The van der Waals surface area contributed by atoms with E-state index in [1.165, 1.54) is 0 Å². The fourth-order valence-electron chi connectivity index (χ4n) is 2.74. The molecular weight excluding hydrogens is 404 g/mol. The molecule has 0 radical (unpaired) electrons. The van der Waals surface area contributed by atoms with Crippen molar-refractivity contribution in [2.75, 3.05) is 10.8 Å². The van der Waals surface area contributed by atoms with Crippen molar-refractivity contribution in [3.63, 3.8) is 0 Å². The quantitative estimate of drug-likeness (QED) is 0.354. The number of aryl methyl sites for hydroxylation is 1. The van der Waals surface area contributed by atoms with Crippen LogP contribution in [0.25, 0.3) is 22.4 Å². The summed E-state index contributed by atoms with van der Waals surface area (Å²) in [6.45, 7) is 3.08. The molecule has 0 aliphatic carbocycles. The molecule has 3 amide bonds. The van der Waals surface area contributed by atoms with E-state index in [9.17, 15) is 9.59 Å². The maximum absolute atomic E-state index is 12.3. The van der Waals surface area contributed by atoms with Gasteiger partial charge in [0.15, 0.2) is 5.65 Å². The molecule has 0 aromatic carbocycles. The molecule has 0 atom stereocenters. The number of pyridine rings is 1. The van der Waals surface area contributed by atoms with Crippen molar-refractivity contribution >= 4 is 41.7 Å². The third kappa shape index (κ3) is 5.44. The third-order valence-electron chi connectivity index (χ3n) is 4.37. The van der Waals surface area contributed by atoms with E-state index in [0.717, 1.165) is 29.1 Å². The van der Waals surface area contributed by atoms with Crippen LogP contribution in [0.4, 0.5) is 10.6 Å². The number of nitrogens with one attached hydrogen (secondary N) is 1. The highest BCUT2D eigenvalue weighted by molar-refractivity contribution is 7.82. The minimum Gasteiger partial charge on any atom is -0.370 e. The smallest absolute Gasteiger partial charge is 0.333 e. The molecule has 158 valence electrons. The Morgan fingerprint density at radius 3 is 2.83 bits per heavy atom. The number of rotatable bonds is 9. The van der Waals surface area contributed by atoms with Gasteiger partial charge in [0.2, 0.25) is 5.91 Å². The van der Waals surface area contributed by atoms with Gasteiger partial charge >= 0.3 is 6.03 Å². The van der Waals surface area contributed by atoms with E-state index < -0.39 is 0 Å². The molecule has 0 fully saturated rings. The monoisotopic (exact) mass is 428 g/mol. The van der Waals surface area contributed by atoms with Gasteiger partial charge in [-0.3, -0.25) is 14.5 Å². The van der Waals surface area contributed by atoms with E-state index >= 15 is 0 Å². The van der Waals surface area contributed by atoms with Crippen LogP contribution < -0.4 is 15.4 Å². The van der Waals surface area contributed by atoms with Gasteiger partial charge in [-0.05, 0) is 18.6 Å². The zero-order valence-corrected chi connectivity index (χ0v) is 17.5. The summed E-state index contributed by atoms with van der Waals surface area (Å²) in [5.74, 6) is -0.0394. The fourth-order valence-corrected chi connectivity index (χ4v) is 2.92. The average molecular weight is 429 g/mol. The molecule has 0 bridgehead atoms. The van der Waals surface area contributed by atoms with Crippen molar-refractivity contribution in [3.05, 3.63) is 30.7 Å². The van der Waals surface area contributed by atoms with Gasteiger partial charge in [-0.1, -0.05) is 32.6 Å². The summed E-state index contributed by atoms with van der Waals surface area (Å²) >= 11 is 4.26. The van der Waals surface area contributed by atoms with Gasteiger partial charge in [0, 0.05) is 31.3 Å². The number of primary amides is 1. The number of carbonyl (C=O) groups is 2. The predicted octanol–water partition coefficient (Wildman–Crippen LogP) is 2.31. The zero-order chi connectivity index (χ0) is 21.5. The standard InChI is InChI=1S/C19H24N8O2S/c1-2-3-4-8-21-19(29)27(30)17-6-5-14-18(25-17)24-15(11-22-14)13-10-23-26(12-13)9-7-16(20)28/h5-6,10-12,30H,2-4,7-9H2,1H3,(H2,20,28)(H,21,29). The first-order valence-electron chi connectivity index (χ1n) is 9.69. The van der Waals surface area contributed by atoms with Gasteiger partial charge < -0.3 is 11.1 Å². The second kappa shape index (κ2) is 10.0. The number of hydrogen-bond donors (Lipinski definition) is 3. The highest BCUT2D eigenvalue weighted by atomic mass is 32.1. The number of aromatic nitrogens is 5. The Bertz CT molecular complexity index is 1040. The van der Waals surface area contributed by atoms with Crippen LogP contribution in [0.5, 0.6) is 0 Å². The number of fused-ring (bicyclic) bond motifs is 1. The minimum atomic E-state index is -0.389. The fraction of sp³-hybridized carbons (Fsp3) is 0.368. The molecule has 0 unspecified atom stereocenters. The van der Waals surface area contributed by atoms with Gasteiger partial charge in [0.1, 0.15) is 11.3 Å². The first kappa shape index (κ1) is 21.5. The summed E-state index contributed by atoms with van der Waals surface area (Å²) in [6, 6.07) is 3.05. The first-order chi connectivity index (χ1) is 14.5. The lowest BCUT2D eigenvalue weighted by Crippen LogP contribution is -2.35. The number of nitrogens with two attached hydrogens (primary N) is 1. The maximum atomic E-state index is 12.3. The summed E-state index contributed by atoms with van der Waals surface area (Å²) in [6.07, 6.45) is 8.27. The van der Waals surface area contributed by atoms with Crippen LogP contribution in [-0.4, -0.2) is 43.2 Å². The number of carbonyl (C=O) groups excluding carboxylic acids is 2. The molecule has 0 spiro atoms. The van der Waals surface area contributed by atoms with Crippen LogP contribution in [0, 0.1) is 0 Å². The van der Waals surface area contributed by atoms with E-state index in [-0.39, 0.29) is 18.4 Å². The van der Waals surface area contributed by atoms with Crippen LogP contribution in [0.2, 0.25) is 0 Å². The second-order valence-corrected chi connectivity index (χ2v) is 7.13. The van der Waals surface area contributed by atoms with Crippen LogP contribution in [0.3, 0.4) is 0 Å². The van der Waals surface area contributed by atoms with Gasteiger partial charge in [-0.2, -0.15) is 5.10 Å². The molecular formula is C19H24N8O2S. The van der Waals surface area contributed by atoms with Crippen LogP contribution in [0.15, 0.2) is 30.7 Å².